The van der Waals surface area contributed by atoms with Crippen LogP contribution < -0.4 is 16.4 Å². The number of rotatable bonds is 18. The number of carbonyl (C=O) groups excluding carboxylic acids is 4. The molecule has 1 aromatic carbocycles. The summed E-state index contributed by atoms with van der Waals surface area (Å²) >= 11 is 0. The van der Waals surface area contributed by atoms with Crippen molar-refractivity contribution in [2.24, 2.45) is 5.73 Å². The van der Waals surface area contributed by atoms with Crippen LogP contribution in [0.1, 0.15) is 110 Å². The van der Waals surface area contributed by atoms with E-state index in [1.165, 1.54) is 4.90 Å². The third-order valence-corrected chi connectivity index (χ3v) is 6.18. The van der Waals surface area contributed by atoms with Gasteiger partial charge in [-0.2, -0.15) is 0 Å². The van der Waals surface area contributed by atoms with Gasteiger partial charge in [0, 0.05) is 13.1 Å². The number of unbranched alkanes of at least 4 members (excludes halogenated alkanes) is 7. The summed E-state index contributed by atoms with van der Waals surface area (Å²) in [6.07, 6.45) is 7.57. The SMILES string of the molecule is CCCCCCCCN(C(=O)C(CC(N)=O)NC(=O)OC(C)(C)C)C(C(=O)NCCCCC)c1ccccc1. The predicted molar refractivity (Wildman–Crippen MR) is 154 cm³/mol. The minimum Gasteiger partial charge on any atom is -0.444 e. The highest BCUT2D eigenvalue weighted by Gasteiger charge is 2.36. The number of amides is 4. The summed E-state index contributed by atoms with van der Waals surface area (Å²) in [6, 6.07) is 6.91. The number of primary amides is 1. The maximum Gasteiger partial charge on any atom is 0.408 e. The smallest absolute Gasteiger partial charge is 0.408 e. The van der Waals surface area contributed by atoms with E-state index in [4.69, 9.17) is 10.5 Å². The molecule has 0 heterocycles. The van der Waals surface area contributed by atoms with Crippen LogP contribution in [0.2, 0.25) is 0 Å². The molecule has 0 aliphatic heterocycles. The van der Waals surface area contributed by atoms with Gasteiger partial charge in [0.25, 0.3) is 0 Å². The molecule has 0 saturated carbocycles. The largest absolute Gasteiger partial charge is 0.444 e. The molecular weight excluding hydrogens is 496 g/mol. The van der Waals surface area contributed by atoms with Crippen molar-refractivity contribution in [3.63, 3.8) is 0 Å². The van der Waals surface area contributed by atoms with Crippen LogP contribution in [-0.4, -0.2) is 53.4 Å². The maximum atomic E-state index is 14.0. The molecule has 0 aromatic heterocycles. The Morgan fingerprint density at radius 2 is 1.49 bits per heavy atom. The van der Waals surface area contributed by atoms with E-state index in [1.807, 2.05) is 30.3 Å². The fourth-order valence-electron chi connectivity index (χ4n) is 4.27. The summed E-state index contributed by atoms with van der Waals surface area (Å²) in [6.45, 7) is 10.1. The van der Waals surface area contributed by atoms with Crippen molar-refractivity contribution in [2.75, 3.05) is 13.1 Å². The van der Waals surface area contributed by atoms with Crippen LogP contribution in [0.3, 0.4) is 0 Å². The molecule has 0 spiro atoms. The van der Waals surface area contributed by atoms with Crippen molar-refractivity contribution in [1.29, 1.82) is 0 Å². The van der Waals surface area contributed by atoms with Gasteiger partial charge in [0.2, 0.25) is 17.7 Å². The van der Waals surface area contributed by atoms with Crippen LogP contribution in [-0.2, 0) is 19.1 Å². The number of nitrogens with one attached hydrogen (secondary N) is 2. The zero-order valence-corrected chi connectivity index (χ0v) is 24.6. The molecule has 9 heteroatoms. The number of nitrogens with zero attached hydrogens (tertiary/aromatic N) is 1. The number of hydrogen-bond acceptors (Lipinski definition) is 5. The Bertz CT molecular complexity index is 885. The fraction of sp³-hybridized carbons (Fsp3) is 0.667. The van der Waals surface area contributed by atoms with Crippen LogP contribution in [0.5, 0.6) is 0 Å². The fourth-order valence-corrected chi connectivity index (χ4v) is 4.27. The first kappa shape index (κ1) is 33.9. The number of carbonyl (C=O) groups is 4. The van der Waals surface area contributed by atoms with Crippen molar-refractivity contribution in [3.8, 4) is 0 Å². The first-order valence-electron chi connectivity index (χ1n) is 14.4. The normalized spacial score (nSPS) is 12.7. The molecule has 1 aromatic rings. The second-order valence-electron chi connectivity index (χ2n) is 11.0. The lowest BCUT2D eigenvalue weighted by Crippen LogP contribution is -2.54. The molecular formula is C30H50N4O5. The summed E-state index contributed by atoms with van der Waals surface area (Å²) in [5.74, 6) is -1.60. The molecule has 2 atom stereocenters. The Kier molecular flexibility index (Phi) is 15.9. The van der Waals surface area contributed by atoms with Crippen molar-refractivity contribution >= 4 is 23.8 Å². The van der Waals surface area contributed by atoms with E-state index in [0.717, 1.165) is 51.4 Å². The standard InChI is InChI=1S/C30H50N4O5/c1-6-8-10-11-12-17-21-34(28(37)24(22-25(31)35)33-29(38)39-30(3,4)5)26(23-18-14-13-15-19-23)27(36)32-20-16-9-7-2/h13-15,18-19,24,26H,6-12,16-17,20-22H2,1-5H3,(H2,31,35)(H,32,36)(H,33,38). The summed E-state index contributed by atoms with van der Waals surface area (Å²) in [5.41, 5.74) is 5.32. The first-order chi connectivity index (χ1) is 18.5. The van der Waals surface area contributed by atoms with Crippen molar-refractivity contribution in [2.45, 2.75) is 117 Å². The van der Waals surface area contributed by atoms with Gasteiger partial charge >= 0.3 is 6.09 Å². The Morgan fingerprint density at radius 1 is 0.897 bits per heavy atom. The van der Waals surface area contributed by atoms with E-state index in [2.05, 4.69) is 24.5 Å². The lowest BCUT2D eigenvalue weighted by Gasteiger charge is -2.34. The molecule has 0 bridgehead atoms. The lowest BCUT2D eigenvalue weighted by molar-refractivity contribution is -0.143. The number of hydrogen-bond donors (Lipinski definition) is 3. The summed E-state index contributed by atoms with van der Waals surface area (Å²) < 4.78 is 5.33. The van der Waals surface area contributed by atoms with Gasteiger partial charge < -0.3 is 26.0 Å². The summed E-state index contributed by atoms with van der Waals surface area (Å²) in [4.78, 5) is 53.6. The molecule has 220 valence electrons. The molecule has 0 aliphatic rings. The Balaban J connectivity index is 3.33. The van der Waals surface area contributed by atoms with E-state index in [0.29, 0.717) is 18.5 Å². The number of ether oxygens (including phenoxy) is 1. The average molecular weight is 547 g/mol. The molecule has 9 nitrogen and oxygen atoms in total. The van der Waals surface area contributed by atoms with E-state index in [9.17, 15) is 19.2 Å². The van der Waals surface area contributed by atoms with Crippen molar-refractivity contribution in [3.05, 3.63) is 35.9 Å². The van der Waals surface area contributed by atoms with Crippen molar-refractivity contribution in [1.82, 2.24) is 15.5 Å². The third-order valence-electron chi connectivity index (χ3n) is 6.18. The molecule has 2 unspecified atom stereocenters. The van der Waals surface area contributed by atoms with Gasteiger partial charge in [0.1, 0.15) is 17.7 Å². The van der Waals surface area contributed by atoms with Crippen molar-refractivity contribution < 1.29 is 23.9 Å². The number of benzene rings is 1. The van der Waals surface area contributed by atoms with Gasteiger partial charge in [-0.1, -0.05) is 89.1 Å². The van der Waals surface area contributed by atoms with E-state index >= 15 is 0 Å². The van der Waals surface area contributed by atoms with Gasteiger partial charge in [-0.15, -0.1) is 0 Å². The van der Waals surface area contributed by atoms with Gasteiger partial charge in [0.05, 0.1) is 6.42 Å². The van der Waals surface area contributed by atoms with Crippen LogP contribution in [0, 0.1) is 0 Å². The van der Waals surface area contributed by atoms with E-state index in [-0.39, 0.29) is 12.5 Å². The molecule has 4 N–H and O–H groups in total. The van der Waals surface area contributed by atoms with E-state index < -0.39 is 42.0 Å². The van der Waals surface area contributed by atoms with Crippen LogP contribution >= 0.6 is 0 Å². The van der Waals surface area contributed by atoms with Crippen LogP contribution in [0.15, 0.2) is 30.3 Å². The Labute approximate surface area is 234 Å². The number of nitrogens with two attached hydrogens (primary N) is 1. The topological polar surface area (TPSA) is 131 Å². The maximum absolute atomic E-state index is 14.0. The molecule has 39 heavy (non-hydrogen) atoms. The van der Waals surface area contributed by atoms with Crippen LogP contribution in [0.25, 0.3) is 0 Å². The van der Waals surface area contributed by atoms with Crippen LogP contribution in [0.4, 0.5) is 4.79 Å². The second kappa shape index (κ2) is 18.2. The summed E-state index contributed by atoms with van der Waals surface area (Å²) in [5, 5.41) is 5.51. The molecule has 0 fully saturated rings. The quantitative estimate of drug-likeness (QED) is 0.223. The average Bonchev–Trinajstić information content (AvgIpc) is 2.86. The van der Waals surface area contributed by atoms with Gasteiger partial charge in [-0.3, -0.25) is 14.4 Å². The van der Waals surface area contributed by atoms with Gasteiger partial charge in [-0.05, 0) is 39.2 Å². The van der Waals surface area contributed by atoms with E-state index in [1.54, 1.807) is 20.8 Å². The predicted octanol–water partition coefficient (Wildman–Crippen LogP) is 4.99. The number of alkyl carbamates (subject to hydrolysis) is 1. The zero-order valence-electron chi connectivity index (χ0n) is 24.6. The zero-order chi connectivity index (χ0) is 29.3. The highest BCUT2D eigenvalue weighted by molar-refractivity contribution is 5.94. The third kappa shape index (κ3) is 14.0. The second-order valence-corrected chi connectivity index (χ2v) is 11.0. The molecule has 0 radical (unpaired) electrons. The highest BCUT2D eigenvalue weighted by atomic mass is 16.6. The molecule has 4 amide bonds. The summed E-state index contributed by atoms with van der Waals surface area (Å²) in [7, 11) is 0. The first-order valence-corrected chi connectivity index (χ1v) is 14.4. The minimum absolute atomic E-state index is 0.290. The molecule has 0 saturated heterocycles. The van der Waals surface area contributed by atoms with Gasteiger partial charge in [0.15, 0.2) is 0 Å². The lowest BCUT2D eigenvalue weighted by atomic mass is 10.0. The monoisotopic (exact) mass is 546 g/mol. The highest BCUT2D eigenvalue weighted by Crippen LogP contribution is 2.24. The molecule has 1 rings (SSSR count). The Hall–Kier alpha value is -3.10. The van der Waals surface area contributed by atoms with Gasteiger partial charge in [-0.25, -0.2) is 4.79 Å². The molecule has 0 aliphatic carbocycles. The Morgan fingerprint density at radius 3 is 2.08 bits per heavy atom. The minimum atomic E-state index is -1.27.